The minimum atomic E-state index is 0.117. The molecule has 1 aliphatic heterocycles. The minimum absolute atomic E-state index is 0.117. The van der Waals surface area contributed by atoms with Gasteiger partial charge in [-0.2, -0.15) is 4.98 Å². The van der Waals surface area contributed by atoms with Crippen LogP contribution in [0.15, 0.2) is 41.3 Å². The second kappa shape index (κ2) is 7.31. The molecule has 1 N–H and O–H groups in total. The van der Waals surface area contributed by atoms with Crippen LogP contribution in [0.1, 0.15) is 25.7 Å². The highest BCUT2D eigenvalue weighted by molar-refractivity contribution is 5.76. The van der Waals surface area contributed by atoms with Crippen molar-refractivity contribution in [2.45, 2.75) is 25.7 Å². The summed E-state index contributed by atoms with van der Waals surface area (Å²) >= 11 is 0. The SMILES string of the molecule is C=CCCC(=O)NCC1CCN(c2nc3ccccc3o2)CC1. The van der Waals surface area contributed by atoms with Gasteiger partial charge < -0.3 is 14.6 Å². The lowest BCUT2D eigenvalue weighted by molar-refractivity contribution is -0.121. The van der Waals surface area contributed by atoms with Gasteiger partial charge in [-0.05, 0) is 37.3 Å². The number of piperidine rings is 1. The molecule has 23 heavy (non-hydrogen) atoms. The number of hydrogen-bond acceptors (Lipinski definition) is 4. The van der Waals surface area contributed by atoms with Crippen LogP contribution in [-0.4, -0.2) is 30.5 Å². The van der Waals surface area contributed by atoms with Gasteiger partial charge in [0, 0.05) is 26.1 Å². The molecule has 0 atom stereocenters. The van der Waals surface area contributed by atoms with E-state index in [1.54, 1.807) is 6.08 Å². The Hall–Kier alpha value is -2.30. The first kappa shape index (κ1) is 15.6. The van der Waals surface area contributed by atoms with Crippen molar-refractivity contribution in [3.63, 3.8) is 0 Å². The number of oxazole rings is 1. The number of fused-ring (bicyclic) bond motifs is 1. The standard InChI is InChI=1S/C18H23N3O2/c1-2-3-8-17(22)19-13-14-9-11-21(12-10-14)18-20-15-6-4-5-7-16(15)23-18/h2,4-7,14H,1,3,8-13H2,(H,19,22). The van der Waals surface area contributed by atoms with Gasteiger partial charge in [-0.25, -0.2) is 0 Å². The van der Waals surface area contributed by atoms with Crippen LogP contribution < -0.4 is 10.2 Å². The van der Waals surface area contributed by atoms with Crippen molar-refractivity contribution in [1.29, 1.82) is 0 Å². The highest BCUT2D eigenvalue weighted by Gasteiger charge is 2.22. The molecular formula is C18H23N3O2. The lowest BCUT2D eigenvalue weighted by atomic mass is 9.97. The fraction of sp³-hybridized carbons (Fsp3) is 0.444. The van der Waals surface area contributed by atoms with Crippen LogP contribution in [-0.2, 0) is 4.79 Å². The van der Waals surface area contributed by atoms with Gasteiger partial charge in [0.15, 0.2) is 5.58 Å². The Kier molecular flexibility index (Phi) is 4.95. The quantitative estimate of drug-likeness (QED) is 0.832. The van der Waals surface area contributed by atoms with E-state index in [4.69, 9.17) is 4.42 Å². The largest absolute Gasteiger partial charge is 0.423 e. The van der Waals surface area contributed by atoms with Crippen molar-refractivity contribution in [1.82, 2.24) is 10.3 Å². The molecule has 1 fully saturated rings. The van der Waals surface area contributed by atoms with Gasteiger partial charge >= 0.3 is 0 Å². The number of rotatable bonds is 6. The predicted molar refractivity (Wildman–Crippen MR) is 91.4 cm³/mol. The number of allylic oxidation sites excluding steroid dienone is 1. The summed E-state index contributed by atoms with van der Waals surface area (Å²) in [6.07, 6.45) is 5.13. The molecule has 0 spiro atoms. The molecule has 2 heterocycles. The highest BCUT2D eigenvalue weighted by atomic mass is 16.4. The zero-order valence-corrected chi connectivity index (χ0v) is 13.3. The normalized spacial score (nSPS) is 15.7. The zero-order valence-electron chi connectivity index (χ0n) is 13.3. The van der Waals surface area contributed by atoms with Crippen molar-refractivity contribution in [2.24, 2.45) is 5.92 Å². The van der Waals surface area contributed by atoms with E-state index in [-0.39, 0.29) is 5.91 Å². The summed E-state index contributed by atoms with van der Waals surface area (Å²) in [6, 6.07) is 8.54. The third-order valence-electron chi connectivity index (χ3n) is 4.33. The molecule has 2 aromatic rings. The van der Waals surface area contributed by atoms with E-state index in [1.165, 1.54) is 0 Å². The topological polar surface area (TPSA) is 58.4 Å². The average molecular weight is 313 g/mol. The molecule has 1 saturated heterocycles. The first-order chi connectivity index (χ1) is 11.3. The number of carbonyl (C=O) groups excluding carboxylic acids is 1. The predicted octanol–water partition coefficient (Wildman–Crippen LogP) is 3.13. The van der Waals surface area contributed by atoms with Crippen molar-refractivity contribution in [2.75, 3.05) is 24.5 Å². The Balaban J connectivity index is 1.48. The molecule has 0 aliphatic carbocycles. The van der Waals surface area contributed by atoms with Gasteiger partial charge in [-0.1, -0.05) is 18.2 Å². The maximum atomic E-state index is 11.6. The first-order valence-corrected chi connectivity index (χ1v) is 8.24. The fourth-order valence-corrected chi connectivity index (χ4v) is 2.90. The molecule has 1 amide bonds. The first-order valence-electron chi connectivity index (χ1n) is 8.24. The van der Waals surface area contributed by atoms with E-state index in [9.17, 15) is 4.79 Å². The smallest absolute Gasteiger partial charge is 0.298 e. The average Bonchev–Trinajstić information content (AvgIpc) is 3.02. The molecule has 0 unspecified atom stereocenters. The number of anilines is 1. The number of carbonyl (C=O) groups is 1. The fourth-order valence-electron chi connectivity index (χ4n) is 2.90. The molecule has 122 valence electrons. The van der Waals surface area contributed by atoms with Gasteiger partial charge in [-0.3, -0.25) is 4.79 Å². The van der Waals surface area contributed by atoms with Gasteiger partial charge in [0.2, 0.25) is 5.91 Å². The molecule has 1 aromatic heterocycles. The Morgan fingerprint density at radius 1 is 1.39 bits per heavy atom. The molecular weight excluding hydrogens is 290 g/mol. The van der Waals surface area contributed by atoms with Crippen LogP contribution in [0, 0.1) is 5.92 Å². The lowest BCUT2D eigenvalue weighted by Gasteiger charge is -2.30. The van der Waals surface area contributed by atoms with Crippen LogP contribution in [0.5, 0.6) is 0 Å². The third kappa shape index (κ3) is 3.92. The molecule has 0 saturated carbocycles. The summed E-state index contributed by atoms with van der Waals surface area (Å²) in [5.41, 5.74) is 1.73. The molecule has 5 heteroatoms. The number of aromatic nitrogens is 1. The van der Waals surface area contributed by atoms with E-state index in [2.05, 4.69) is 21.8 Å². The number of nitrogens with zero attached hydrogens (tertiary/aromatic N) is 2. The number of para-hydroxylation sites is 2. The van der Waals surface area contributed by atoms with Crippen molar-refractivity contribution in [3.8, 4) is 0 Å². The third-order valence-corrected chi connectivity index (χ3v) is 4.33. The summed E-state index contributed by atoms with van der Waals surface area (Å²) in [6.45, 7) is 6.23. The van der Waals surface area contributed by atoms with Crippen molar-refractivity contribution in [3.05, 3.63) is 36.9 Å². The van der Waals surface area contributed by atoms with E-state index in [0.717, 1.165) is 50.0 Å². The zero-order chi connectivity index (χ0) is 16.1. The minimum Gasteiger partial charge on any atom is -0.423 e. The van der Waals surface area contributed by atoms with Gasteiger partial charge in [0.25, 0.3) is 6.01 Å². The van der Waals surface area contributed by atoms with Crippen LogP contribution in [0.25, 0.3) is 11.1 Å². The van der Waals surface area contributed by atoms with E-state index in [1.807, 2.05) is 24.3 Å². The molecule has 5 nitrogen and oxygen atoms in total. The second-order valence-electron chi connectivity index (χ2n) is 6.03. The second-order valence-corrected chi connectivity index (χ2v) is 6.03. The van der Waals surface area contributed by atoms with Crippen LogP contribution in [0.4, 0.5) is 6.01 Å². The van der Waals surface area contributed by atoms with Crippen molar-refractivity contribution < 1.29 is 9.21 Å². The summed E-state index contributed by atoms with van der Waals surface area (Å²) in [5.74, 6) is 0.648. The molecule has 1 aromatic carbocycles. The summed E-state index contributed by atoms with van der Waals surface area (Å²) in [5, 5.41) is 3.02. The van der Waals surface area contributed by atoms with E-state index in [0.29, 0.717) is 18.4 Å². The molecule has 0 bridgehead atoms. The Labute approximate surface area is 136 Å². The van der Waals surface area contributed by atoms with Gasteiger partial charge in [0.05, 0.1) is 0 Å². The Morgan fingerprint density at radius 2 is 2.17 bits per heavy atom. The maximum absolute atomic E-state index is 11.6. The highest BCUT2D eigenvalue weighted by Crippen LogP contribution is 2.26. The van der Waals surface area contributed by atoms with Crippen LogP contribution >= 0.6 is 0 Å². The Morgan fingerprint density at radius 3 is 2.91 bits per heavy atom. The molecule has 1 aliphatic rings. The summed E-state index contributed by atoms with van der Waals surface area (Å²) < 4.78 is 5.82. The summed E-state index contributed by atoms with van der Waals surface area (Å²) in [4.78, 5) is 18.4. The number of nitrogens with one attached hydrogen (secondary N) is 1. The summed E-state index contributed by atoms with van der Waals surface area (Å²) in [7, 11) is 0. The number of amides is 1. The monoisotopic (exact) mass is 313 g/mol. The van der Waals surface area contributed by atoms with Gasteiger partial charge in [-0.15, -0.1) is 6.58 Å². The van der Waals surface area contributed by atoms with Gasteiger partial charge in [0.1, 0.15) is 5.52 Å². The van der Waals surface area contributed by atoms with Crippen LogP contribution in [0.3, 0.4) is 0 Å². The van der Waals surface area contributed by atoms with E-state index >= 15 is 0 Å². The Bertz CT molecular complexity index is 639. The number of hydrogen-bond donors (Lipinski definition) is 1. The van der Waals surface area contributed by atoms with Crippen molar-refractivity contribution >= 4 is 23.0 Å². The number of benzene rings is 1. The lowest BCUT2D eigenvalue weighted by Crippen LogP contribution is -2.38. The molecule has 3 rings (SSSR count). The van der Waals surface area contributed by atoms with Crippen LogP contribution in [0.2, 0.25) is 0 Å². The van der Waals surface area contributed by atoms with E-state index < -0.39 is 0 Å². The molecule has 0 radical (unpaired) electrons. The maximum Gasteiger partial charge on any atom is 0.298 e.